The van der Waals surface area contributed by atoms with Crippen LogP contribution in [-0.2, 0) is 0 Å². The van der Waals surface area contributed by atoms with Crippen molar-refractivity contribution in [1.82, 2.24) is 4.90 Å². The molecule has 0 saturated heterocycles. The molecule has 16 heavy (non-hydrogen) atoms. The van der Waals surface area contributed by atoms with Gasteiger partial charge in [-0.15, -0.1) is 0 Å². The minimum absolute atomic E-state index is 0.157. The van der Waals surface area contributed by atoms with E-state index in [0.29, 0.717) is 24.6 Å². The van der Waals surface area contributed by atoms with Crippen molar-refractivity contribution < 1.29 is 8.78 Å². The number of aliphatic imine (C=N–C) groups is 1. The van der Waals surface area contributed by atoms with E-state index in [0.717, 1.165) is 6.07 Å². The molecule has 0 fully saturated rings. The lowest BCUT2D eigenvalue weighted by molar-refractivity contribution is 0.362. The fourth-order valence-electron chi connectivity index (χ4n) is 1.96. The number of rotatable bonds is 2. The third-order valence-corrected chi connectivity index (χ3v) is 2.71. The second-order valence-electron chi connectivity index (χ2n) is 3.70. The van der Waals surface area contributed by atoms with Crippen LogP contribution in [-0.4, -0.2) is 23.9 Å². The Morgan fingerprint density at radius 1 is 1.38 bits per heavy atom. The first kappa shape index (κ1) is 10.9. The zero-order chi connectivity index (χ0) is 11.7. The Hall–Kier alpha value is -1.65. The predicted octanol–water partition coefficient (Wildman–Crippen LogP) is 1.66. The maximum atomic E-state index is 13.1. The van der Waals surface area contributed by atoms with Gasteiger partial charge >= 0.3 is 0 Å². The standard InChI is InChI=1S/C11H13F2N3/c1-2-16-10(6-15-11(16)14)7-3-8(12)5-9(13)4-7/h3-5,10H,2,6H2,1H3,(H2,14,15). The summed E-state index contributed by atoms with van der Waals surface area (Å²) in [5, 5.41) is 0. The fourth-order valence-corrected chi connectivity index (χ4v) is 1.96. The lowest BCUT2D eigenvalue weighted by Gasteiger charge is -2.24. The molecule has 2 N–H and O–H groups in total. The van der Waals surface area contributed by atoms with Crippen LogP contribution in [0.25, 0.3) is 0 Å². The number of hydrogen-bond acceptors (Lipinski definition) is 3. The largest absolute Gasteiger partial charge is 0.370 e. The van der Waals surface area contributed by atoms with Crippen molar-refractivity contribution in [2.24, 2.45) is 10.7 Å². The Labute approximate surface area is 92.6 Å². The Morgan fingerprint density at radius 3 is 2.56 bits per heavy atom. The van der Waals surface area contributed by atoms with Crippen molar-refractivity contribution >= 4 is 5.96 Å². The van der Waals surface area contributed by atoms with Crippen LogP contribution in [0.4, 0.5) is 8.78 Å². The molecule has 1 aliphatic rings. The molecule has 2 rings (SSSR count). The Morgan fingerprint density at radius 2 is 2.00 bits per heavy atom. The predicted molar refractivity (Wildman–Crippen MR) is 58.0 cm³/mol. The van der Waals surface area contributed by atoms with E-state index in [-0.39, 0.29) is 6.04 Å². The minimum atomic E-state index is -0.573. The molecular formula is C11H13F2N3. The second kappa shape index (κ2) is 4.08. The van der Waals surface area contributed by atoms with E-state index in [1.807, 2.05) is 11.8 Å². The van der Waals surface area contributed by atoms with E-state index in [4.69, 9.17) is 5.73 Å². The van der Waals surface area contributed by atoms with Crippen molar-refractivity contribution in [1.29, 1.82) is 0 Å². The smallest absolute Gasteiger partial charge is 0.191 e. The van der Waals surface area contributed by atoms with Crippen LogP contribution in [0.5, 0.6) is 0 Å². The van der Waals surface area contributed by atoms with Crippen LogP contribution in [0.15, 0.2) is 23.2 Å². The lowest BCUT2D eigenvalue weighted by atomic mass is 10.1. The molecule has 0 aromatic heterocycles. The van der Waals surface area contributed by atoms with Gasteiger partial charge in [0.2, 0.25) is 0 Å². The molecule has 1 unspecified atom stereocenters. The molecule has 1 aromatic carbocycles. The maximum absolute atomic E-state index is 13.1. The summed E-state index contributed by atoms with van der Waals surface area (Å²) in [4.78, 5) is 5.91. The number of hydrogen-bond donors (Lipinski definition) is 1. The van der Waals surface area contributed by atoms with Crippen LogP contribution in [0, 0.1) is 11.6 Å². The van der Waals surface area contributed by atoms with Crippen molar-refractivity contribution in [3.63, 3.8) is 0 Å². The van der Waals surface area contributed by atoms with Gasteiger partial charge in [0, 0.05) is 12.6 Å². The summed E-state index contributed by atoms with van der Waals surface area (Å²) >= 11 is 0. The van der Waals surface area contributed by atoms with Crippen molar-refractivity contribution in [2.45, 2.75) is 13.0 Å². The molecule has 1 heterocycles. The van der Waals surface area contributed by atoms with E-state index in [1.54, 1.807) is 0 Å². The molecule has 0 spiro atoms. The molecule has 0 saturated carbocycles. The van der Waals surface area contributed by atoms with Gasteiger partial charge in [-0.25, -0.2) is 8.78 Å². The van der Waals surface area contributed by atoms with Crippen molar-refractivity contribution in [3.8, 4) is 0 Å². The third-order valence-electron chi connectivity index (χ3n) is 2.71. The summed E-state index contributed by atoms with van der Waals surface area (Å²) in [5.41, 5.74) is 6.25. The first-order chi connectivity index (χ1) is 7.61. The molecule has 1 atom stereocenters. The molecule has 3 nitrogen and oxygen atoms in total. The average molecular weight is 225 g/mol. The van der Waals surface area contributed by atoms with Gasteiger partial charge in [-0.2, -0.15) is 0 Å². The van der Waals surface area contributed by atoms with E-state index in [9.17, 15) is 8.78 Å². The van der Waals surface area contributed by atoms with Crippen molar-refractivity contribution in [2.75, 3.05) is 13.1 Å². The number of nitrogens with two attached hydrogens (primary N) is 1. The number of halogens is 2. The molecular weight excluding hydrogens is 212 g/mol. The summed E-state index contributed by atoms with van der Waals surface area (Å²) in [6.45, 7) is 3.04. The molecule has 0 radical (unpaired) electrons. The van der Waals surface area contributed by atoms with Gasteiger partial charge in [0.15, 0.2) is 5.96 Å². The third kappa shape index (κ3) is 1.85. The van der Waals surface area contributed by atoms with Gasteiger partial charge in [-0.3, -0.25) is 4.99 Å². The number of likely N-dealkylation sites (N-methyl/N-ethyl adjacent to an activating group) is 1. The maximum Gasteiger partial charge on any atom is 0.191 e. The Balaban J connectivity index is 2.31. The first-order valence-electron chi connectivity index (χ1n) is 5.14. The number of benzene rings is 1. The van der Waals surface area contributed by atoms with Gasteiger partial charge in [-0.05, 0) is 24.6 Å². The summed E-state index contributed by atoms with van der Waals surface area (Å²) < 4.78 is 26.2. The van der Waals surface area contributed by atoms with Crippen LogP contribution in [0.2, 0.25) is 0 Å². The van der Waals surface area contributed by atoms with Crippen LogP contribution in [0.3, 0.4) is 0 Å². The highest BCUT2D eigenvalue weighted by Gasteiger charge is 2.26. The molecule has 5 heteroatoms. The van der Waals surface area contributed by atoms with Gasteiger partial charge in [0.25, 0.3) is 0 Å². The molecule has 0 bridgehead atoms. The highest BCUT2D eigenvalue weighted by Crippen LogP contribution is 2.26. The second-order valence-corrected chi connectivity index (χ2v) is 3.70. The lowest BCUT2D eigenvalue weighted by Crippen LogP contribution is -2.35. The van der Waals surface area contributed by atoms with Crippen molar-refractivity contribution in [3.05, 3.63) is 35.4 Å². The molecule has 86 valence electrons. The molecule has 0 amide bonds. The van der Waals surface area contributed by atoms with Gasteiger partial charge in [-0.1, -0.05) is 0 Å². The number of guanidine groups is 1. The quantitative estimate of drug-likeness (QED) is 0.831. The minimum Gasteiger partial charge on any atom is -0.370 e. The van der Waals surface area contributed by atoms with E-state index < -0.39 is 11.6 Å². The van der Waals surface area contributed by atoms with E-state index in [2.05, 4.69) is 4.99 Å². The first-order valence-corrected chi connectivity index (χ1v) is 5.14. The zero-order valence-electron chi connectivity index (χ0n) is 8.95. The van der Waals surface area contributed by atoms with Gasteiger partial charge in [0.1, 0.15) is 11.6 Å². The van der Waals surface area contributed by atoms with E-state index in [1.165, 1.54) is 12.1 Å². The normalized spacial score (nSPS) is 20.1. The highest BCUT2D eigenvalue weighted by molar-refractivity contribution is 5.80. The Kier molecular flexibility index (Phi) is 2.77. The SMILES string of the molecule is CCN1C(N)=NCC1c1cc(F)cc(F)c1. The number of nitrogens with zero attached hydrogens (tertiary/aromatic N) is 2. The summed E-state index contributed by atoms with van der Waals surface area (Å²) in [5.74, 6) is -0.717. The molecule has 1 aliphatic heterocycles. The summed E-state index contributed by atoms with van der Waals surface area (Å²) in [7, 11) is 0. The van der Waals surface area contributed by atoms with Crippen LogP contribution < -0.4 is 5.73 Å². The molecule has 1 aromatic rings. The molecule has 0 aliphatic carbocycles. The van der Waals surface area contributed by atoms with Gasteiger partial charge in [0.05, 0.1) is 12.6 Å². The topological polar surface area (TPSA) is 41.6 Å². The monoisotopic (exact) mass is 225 g/mol. The van der Waals surface area contributed by atoms with Crippen LogP contribution in [0.1, 0.15) is 18.5 Å². The summed E-state index contributed by atoms with van der Waals surface area (Å²) in [6.07, 6.45) is 0. The Bertz CT molecular complexity index is 411. The highest BCUT2D eigenvalue weighted by atomic mass is 19.1. The van der Waals surface area contributed by atoms with E-state index >= 15 is 0 Å². The van der Waals surface area contributed by atoms with Crippen LogP contribution >= 0.6 is 0 Å². The van der Waals surface area contributed by atoms with Gasteiger partial charge < -0.3 is 10.6 Å². The fraction of sp³-hybridized carbons (Fsp3) is 0.364. The summed E-state index contributed by atoms with van der Waals surface area (Å²) in [6, 6.07) is 3.35. The zero-order valence-corrected chi connectivity index (χ0v) is 8.95. The average Bonchev–Trinajstić information content (AvgIpc) is 2.58.